The fourth-order valence-electron chi connectivity index (χ4n) is 2.72. The Kier molecular flexibility index (Phi) is 12.9. The zero-order chi connectivity index (χ0) is 22.3. The van der Waals surface area contributed by atoms with Crippen molar-refractivity contribution in [3.8, 4) is 11.5 Å². The van der Waals surface area contributed by atoms with Gasteiger partial charge in [0.1, 0.15) is 24.7 Å². The fourth-order valence-corrected chi connectivity index (χ4v) is 5.38. The van der Waals surface area contributed by atoms with Gasteiger partial charge in [0.2, 0.25) is 0 Å². The Balaban J connectivity index is 2.06. The first-order chi connectivity index (χ1) is 14.2. The van der Waals surface area contributed by atoms with E-state index in [1.807, 2.05) is 6.07 Å². The summed E-state index contributed by atoms with van der Waals surface area (Å²) in [5, 5.41) is 1.69. The topological polar surface area (TPSA) is 18.5 Å². The summed E-state index contributed by atoms with van der Waals surface area (Å²) in [6, 6.07) is 10.6. The van der Waals surface area contributed by atoms with Gasteiger partial charge in [0.05, 0.1) is 23.1 Å². The largest absolute Gasteiger partial charge is 0.491 e. The standard InChI is InChI=1S/C21H21Br7O2/c1-12(14-2-3-20(17(26)7-14)29-10-15(24)8-22)4-13-5-18(27)21(19(28)6-13)30-11-16(25)9-23/h2-3,5-7,12,15-16H,4,8-11H2,1H3. The van der Waals surface area contributed by atoms with Gasteiger partial charge in [-0.05, 0) is 95.5 Å². The maximum atomic E-state index is 5.94. The van der Waals surface area contributed by atoms with Gasteiger partial charge >= 0.3 is 0 Å². The van der Waals surface area contributed by atoms with E-state index >= 15 is 0 Å². The van der Waals surface area contributed by atoms with Gasteiger partial charge in [-0.25, -0.2) is 0 Å². The Labute approximate surface area is 237 Å². The van der Waals surface area contributed by atoms with Crippen LogP contribution in [0.3, 0.4) is 0 Å². The maximum absolute atomic E-state index is 5.94. The van der Waals surface area contributed by atoms with Crippen LogP contribution in [-0.4, -0.2) is 33.5 Å². The highest BCUT2D eigenvalue weighted by atomic mass is 79.9. The first kappa shape index (κ1) is 27.6. The molecule has 0 fully saturated rings. The van der Waals surface area contributed by atoms with Crippen LogP contribution in [-0.2, 0) is 6.42 Å². The Hall–Kier alpha value is 1.40. The lowest BCUT2D eigenvalue weighted by Gasteiger charge is -2.17. The van der Waals surface area contributed by atoms with Crippen LogP contribution in [0.1, 0.15) is 24.0 Å². The predicted molar refractivity (Wildman–Crippen MR) is 152 cm³/mol. The van der Waals surface area contributed by atoms with Crippen molar-refractivity contribution in [3.63, 3.8) is 0 Å². The van der Waals surface area contributed by atoms with Gasteiger partial charge in [-0.15, -0.1) is 0 Å². The fraction of sp³-hybridized carbons (Fsp3) is 0.429. The number of benzene rings is 2. The third kappa shape index (κ3) is 8.64. The van der Waals surface area contributed by atoms with E-state index in [4.69, 9.17) is 9.47 Å². The highest BCUT2D eigenvalue weighted by Crippen LogP contribution is 2.37. The summed E-state index contributed by atoms with van der Waals surface area (Å²) < 4.78 is 14.7. The van der Waals surface area contributed by atoms with Crippen molar-refractivity contribution in [1.82, 2.24) is 0 Å². The summed E-state index contributed by atoms with van der Waals surface area (Å²) in [4.78, 5) is 0.549. The molecule has 0 spiro atoms. The lowest BCUT2D eigenvalue weighted by molar-refractivity contribution is 0.321. The van der Waals surface area contributed by atoms with Gasteiger partial charge in [0.15, 0.2) is 0 Å². The van der Waals surface area contributed by atoms with E-state index in [9.17, 15) is 0 Å². The van der Waals surface area contributed by atoms with Crippen molar-refractivity contribution in [2.45, 2.75) is 28.9 Å². The number of rotatable bonds is 11. The van der Waals surface area contributed by atoms with E-state index in [2.05, 4.69) is 143 Å². The van der Waals surface area contributed by atoms with Crippen LogP contribution in [0.2, 0.25) is 0 Å². The average molecular weight is 865 g/mol. The predicted octanol–water partition coefficient (Wildman–Crippen LogP) is 9.39. The normalized spacial score (nSPS) is 14.3. The molecule has 3 atom stereocenters. The van der Waals surface area contributed by atoms with E-state index in [0.29, 0.717) is 19.1 Å². The SMILES string of the molecule is CC(Cc1cc(Br)c(OCC(Br)CBr)c(Br)c1)c1ccc(OCC(Br)CBr)c(Br)c1. The third-order valence-corrected chi connectivity index (χ3v) is 10.6. The van der Waals surface area contributed by atoms with Crippen LogP contribution in [0.25, 0.3) is 0 Å². The molecule has 30 heavy (non-hydrogen) atoms. The minimum absolute atomic E-state index is 0.265. The molecule has 0 N–H and O–H groups in total. The molecule has 0 bridgehead atoms. The molecule has 2 aromatic rings. The van der Waals surface area contributed by atoms with Gasteiger partial charge in [-0.1, -0.05) is 76.7 Å². The number of ether oxygens (including phenoxy) is 2. The number of alkyl halides is 4. The molecule has 0 heterocycles. The first-order valence-corrected chi connectivity index (χ1v) is 15.6. The Morgan fingerprint density at radius 2 is 1.37 bits per heavy atom. The van der Waals surface area contributed by atoms with Crippen molar-refractivity contribution in [3.05, 3.63) is 54.9 Å². The van der Waals surface area contributed by atoms with Crippen LogP contribution >= 0.6 is 112 Å². The van der Waals surface area contributed by atoms with E-state index in [1.165, 1.54) is 11.1 Å². The van der Waals surface area contributed by atoms with E-state index in [-0.39, 0.29) is 9.65 Å². The van der Waals surface area contributed by atoms with Crippen molar-refractivity contribution >= 4 is 112 Å². The second-order valence-corrected chi connectivity index (χ2v) is 13.3. The molecule has 0 radical (unpaired) electrons. The molecule has 9 heteroatoms. The van der Waals surface area contributed by atoms with Gasteiger partial charge in [-0.3, -0.25) is 0 Å². The highest BCUT2D eigenvalue weighted by Gasteiger charge is 2.15. The summed E-state index contributed by atoms with van der Waals surface area (Å²) in [6.45, 7) is 3.44. The Morgan fingerprint density at radius 3 is 1.90 bits per heavy atom. The molecule has 166 valence electrons. The highest BCUT2D eigenvalue weighted by molar-refractivity contribution is 9.12. The third-order valence-electron chi connectivity index (χ3n) is 4.29. The summed E-state index contributed by atoms with van der Waals surface area (Å²) in [6.07, 6.45) is 0.916. The molecule has 0 aliphatic heterocycles. The van der Waals surface area contributed by atoms with Gasteiger partial charge < -0.3 is 9.47 Å². The maximum Gasteiger partial charge on any atom is 0.147 e. The Bertz CT molecular complexity index is 808. The monoisotopic (exact) mass is 858 g/mol. The lowest BCUT2D eigenvalue weighted by atomic mass is 9.93. The minimum atomic E-state index is 0.265. The number of halogens is 7. The Morgan fingerprint density at radius 1 is 0.800 bits per heavy atom. The molecule has 0 aliphatic rings. The van der Waals surface area contributed by atoms with E-state index in [0.717, 1.165) is 42.0 Å². The minimum Gasteiger partial charge on any atom is -0.491 e. The summed E-state index contributed by atoms with van der Waals surface area (Å²) >= 11 is 25.0. The zero-order valence-electron chi connectivity index (χ0n) is 16.1. The molecule has 0 aliphatic carbocycles. The van der Waals surface area contributed by atoms with Crippen LogP contribution in [0.15, 0.2) is 43.7 Å². The molecule has 3 unspecified atom stereocenters. The summed E-state index contributed by atoms with van der Waals surface area (Å²) in [5.74, 6) is 2.04. The van der Waals surface area contributed by atoms with Crippen molar-refractivity contribution in [2.75, 3.05) is 23.9 Å². The summed E-state index contributed by atoms with van der Waals surface area (Å²) in [7, 11) is 0. The van der Waals surface area contributed by atoms with Crippen LogP contribution in [0, 0.1) is 0 Å². The summed E-state index contributed by atoms with van der Waals surface area (Å²) in [5.41, 5.74) is 2.50. The molecule has 0 saturated heterocycles. The van der Waals surface area contributed by atoms with Crippen molar-refractivity contribution in [1.29, 1.82) is 0 Å². The van der Waals surface area contributed by atoms with E-state index < -0.39 is 0 Å². The van der Waals surface area contributed by atoms with Crippen LogP contribution in [0.4, 0.5) is 0 Å². The van der Waals surface area contributed by atoms with Gasteiger partial charge in [0.25, 0.3) is 0 Å². The zero-order valence-corrected chi connectivity index (χ0v) is 27.2. The van der Waals surface area contributed by atoms with Crippen LogP contribution in [0.5, 0.6) is 11.5 Å². The molecule has 0 aromatic heterocycles. The van der Waals surface area contributed by atoms with Gasteiger partial charge in [-0.2, -0.15) is 0 Å². The molecular weight excluding hydrogens is 844 g/mol. The molecule has 2 rings (SSSR count). The first-order valence-electron chi connectivity index (χ1n) is 9.18. The average Bonchev–Trinajstić information content (AvgIpc) is 2.71. The lowest BCUT2D eigenvalue weighted by Crippen LogP contribution is -2.13. The van der Waals surface area contributed by atoms with E-state index in [1.54, 1.807) is 0 Å². The second kappa shape index (κ2) is 14.0. The van der Waals surface area contributed by atoms with Crippen molar-refractivity contribution in [2.24, 2.45) is 0 Å². The van der Waals surface area contributed by atoms with Crippen molar-refractivity contribution < 1.29 is 9.47 Å². The molecule has 0 saturated carbocycles. The number of hydrogen-bond donors (Lipinski definition) is 0. The van der Waals surface area contributed by atoms with Gasteiger partial charge in [0, 0.05) is 10.7 Å². The smallest absolute Gasteiger partial charge is 0.147 e. The van der Waals surface area contributed by atoms with Crippen LogP contribution < -0.4 is 9.47 Å². The molecule has 2 aromatic carbocycles. The second-order valence-electron chi connectivity index (χ2n) is 6.81. The molecular formula is C21H21Br7O2. The number of hydrogen-bond acceptors (Lipinski definition) is 2. The molecule has 0 amide bonds. The quantitative estimate of drug-likeness (QED) is 0.210. The molecule has 2 nitrogen and oxygen atoms in total.